The quantitative estimate of drug-likeness (QED) is 0.419. The van der Waals surface area contributed by atoms with Gasteiger partial charge in [0, 0.05) is 5.57 Å². The average Bonchev–Trinajstić information content (AvgIpc) is 2.05. The van der Waals surface area contributed by atoms with E-state index in [0.29, 0.717) is 11.9 Å². The maximum atomic E-state index is 10.7. The van der Waals surface area contributed by atoms with Crippen molar-refractivity contribution in [3.05, 3.63) is 23.8 Å². The Labute approximate surface area is 59.2 Å². The van der Waals surface area contributed by atoms with Crippen LogP contribution in [0, 0.1) is 0 Å². The van der Waals surface area contributed by atoms with Crippen LogP contribution in [0.4, 0.5) is 0 Å². The molecule has 10 heavy (non-hydrogen) atoms. The third kappa shape index (κ3) is 1.41. The summed E-state index contributed by atoms with van der Waals surface area (Å²) in [7, 11) is 0. The summed E-state index contributed by atoms with van der Waals surface area (Å²) in [5.74, 6) is -0.420. The molecule has 2 nitrogen and oxygen atoms in total. The molecule has 1 aliphatic carbocycles. The van der Waals surface area contributed by atoms with Gasteiger partial charge in [0.05, 0.1) is 0 Å². The van der Waals surface area contributed by atoms with Crippen LogP contribution in [0.25, 0.3) is 0 Å². The Morgan fingerprint density at radius 1 is 1.50 bits per heavy atom. The zero-order valence-electron chi connectivity index (χ0n) is 5.54. The molecule has 0 bridgehead atoms. The van der Waals surface area contributed by atoms with Crippen LogP contribution in [-0.2, 0) is 9.59 Å². The molecule has 0 aromatic carbocycles. The summed E-state index contributed by atoms with van der Waals surface area (Å²) in [6.45, 7) is 0. The lowest BCUT2D eigenvalue weighted by molar-refractivity contribution is -0.127. The van der Waals surface area contributed by atoms with Crippen molar-refractivity contribution in [3.63, 3.8) is 0 Å². The Hall–Kier alpha value is -1.18. The van der Waals surface area contributed by atoms with Crippen LogP contribution in [0.3, 0.4) is 0 Å². The van der Waals surface area contributed by atoms with Gasteiger partial charge in [0.2, 0.25) is 5.78 Å². The van der Waals surface area contributed by atoms with E-state index in [-0.39, 0.29) is 0 Å². The molecule has 52 valence electrons. The van der Waals surface area contributed by atoms with E-state index in [1.807, 2.05) is 6.08 Å². The molecule has 0 unspecified atom stereocenters. The first-order chi connectivity index (χ1) is 4.84. The lowest BCUT2D eigenvalue weighted by atomic mass is 10.0. The van der Waals surface area contributed by atoms with E-state index in [0.717, 1.165) is 12.8 Å². The van der Waals surface area contributed by atoms with Gasteiger partial charge in [0.1, 0.15) is 0 Å². The van der Waals surface area contributed by atoms with Crippen LogP contribution < -0.4 is 0 Å². The predicted molar refractivity (Wildman–Crippen MR) is 37.5 cm³/mol. The molecule has 0 aliphatic heterocycles. The Kier molecular flexibility index (Phi) is 2.15. The van der Waals surface area contributed by atoms with Crippen molar-refractivity contribution in [3.8, 4) is 0 Å². The molecule has 0 N–H and O–H groups in total. The van der Waals surface area contributed by atoms with Crippen molar-refractivity contribution in [2.75, 3.05) is 0 Å². The molecule has 0 fully saturated rings. The fraction of sp³-hybridized carbons (Fsp3) is 0.250. The number of aldehydes is 1. The normalized spacial score (nSPS) is 16.2. The Bertz CT molecular complexity index is 211. The fourth-order valence-electron chi connectivity index (χ4n) is 0.864. The molecule has 0 aromatic rings. The summed E-state index contributed by atoms with van der Waals surface area (Å²) < 4.78 is 0. The first kappa shape index (κ1) is 6.93. The molecule has 1 aliphatic rings. The van der Waals surface area contributed by atoms with Gasteiger partial charge in [-0.2, -0.15) is 0 Å². The van der Waals surface area contributed by atoms with E-state index < -0.39 is 5.78 Å². The van der Waals surface area contributed by atoms with Gasteiger partial charge in [-0.3, -0.25) is 9.59 Å². The minimum absolute atomic E-state index is 0.349. The van der Waals surface area contributed by atoms with Gasteiger partial charge in [0.15, 0.2) is 6.29 Å². The van der Waals surface area contributed by atoms with Crippen molar-refractivity contribution in [1.82, 2.24) is 0 Å². The first-order valence-corrected chi connectivity index (χ1v) is 3.21. The van der Waals surface area contributed by atoms with E-state index in [4.69, 9.17) is 0 Å². The number of carbonyl (C=O) groups excluding carboxylic acids is 2. The number of carbonyl (C=O) groups is 2. The average molecular weight is 136 g/mol. The molecule has 0 aromatic heterocycles. The van der Waals surface area contributed by atoms with Gasteiger partial charge < -0.3 is 0 Å². The number of hydrogen-bond acceptors (Lipinski definition) is 2. The minimum atomic E-state index is -0.420. The molecule has 0 radical (unpaired) electrons. The second-order valence-corrected chi connectivity index (χ2v) is 2.12. The smallest absolute Gasteiger partial charge is 0.225 e. The van der Waals surface area contributed by atoms with Crippen molar-refractivity contribution in [1.29, 1.82) is 0 Å². The first-order valence-electron chi connectivity index (χ1n) is 3.21. The summed E-state index contributed by atoms with van der Waals surface area (Å²) in [6, 6.07) is 0. The summed E-state index contributed by atoms with van der Waals surface area (Å²) in [4.78, 5) is 20.7. The molecule has 0 atom stereocenters. The highest BCUT2D eigenvalue weighted by Gasteiger charge is 2.05. The van der Waals surface area contributed by atoms with Gasteiger partial charge in [-0.15, -0.1) is 0 Å². The van der Waals surface area contributed by atoms with Gasteiger partial charge in [-0.05, 0) is 12.8 Å². The van der Waals surface area contributed by atoms with E-state index in [1.165, 1.54) is 0 Å². The van der Waals surface area contributed by atoms with Crippen LogP contribution in [0.15, 0.2) is 23.8 Å². The number of hydrogen-bond donors (Lipinski definition) is 0. The molecular weight excluding hydrogens is 128 g/mol. The highest BCUT2D eigenvalue weighted by Crippen LogP contribution is 2.08. The fourth-order valence-corrected chi connectivity index (χ4v) is 0.864. The largest absolute Gasteiger partial charge is 0.294 e. The number of allylic oxidation sites excluding steroid dienone is 4. The summed E-state index contributed by atoms with van der Waals surface area (Å²) in [6.07, 6.45) is 7.57. The number of Topliss-reactive ketones (excluding diaryl/α,β-unsaturated/α-hetero) is 1. The van der Waals surface area contributed by atoms with Crippen LogP contribution in [0.5, 0.6) is 0 Å². The van der Waals surface area contributed by atoms with Gasteiger partial charge in [0.25, 0.3) is 0 Å². The van der Waals surface area contributed by atoms with Gasteiger partial charge >= 0.3 is 0 Å². The maximum absolute atomic E-state index is 10.7. The molecule has 2 heteroatoms. The predicted octanol–water partition coefficient (Wildman–Crippen LogP) is 1.03. The summed E-state index contributed by atoms with van der Waals surface area (Å²) in [5.41, 5.74) is 0.529. The lowest BCUT2D eigenvalue weighted by Crippen LogP contribution is -2.02. The van der Waals surface area contributed by atoms with Crippen LogP contribution in [0.2, 0.25) is 0 Å². The van der Waals surface area contributed by atoms with Crippen LogP contribution in [-0.4, -0.2) is 12.1 Å². The van der Waals surface area contributed by atoms with Gasteiger partial charge in [-0.25, -0.2) is 0 Å². The third-order valence-corrected chi connectivity index (χ3v) is 1.39. The van der Waals surface area contributed by atoms with E-state index >= 15 is 0 Å². The second kappa shape index (κ2) is 3.11. The molecule has 0 saturated heterocycles. The number of rotatable bonds is 2. The Balaban J connectivity index is 2.72. The highest BCUT2D eigenvalue weighted by molar-refractivity contribution is 6.34. The minimum Gasteiger partial charge on any atom is -0.294 e. The maximum Gasteiger partial charge on any atom is 0.225 e. The van der Waals surface area contributed by atoms with Crippen molar-refractivity contribution < 1.29 is 9.59 Å². The molecule has 0 heterocycles. The molecular formula is C8H8O2. The van der Waals surface area contributed by atoms with Gasteiger partial charge in [-0.1, -0.05) is 18.2 Å². The van der Waals surface area contributed by atoms with E-state index in [1.54, 1.807) is 12.2 Å². The SMILES string of the molecule is O=CC(=O)C1=CCCC=C1. The zero-order chi connectivity index (χ0) is 7.40. The third-order valence-electron chi connectivity index (χ3n) is 1.39. The molecule has 0 amide bonds. The second-order valence-electron chi connectivity index (χ2n) is 2.12. The summed E-state index contributed by atoms with van der Waals surface area (Å²) >= 11 is 0. The van der Waals surface area contributed by atoms with Crippen molar-refractivity contribution in [2.24, 2.45) is 0 Å². The zero-order valence-corrected chi connectivity index (χ0v) is 5.54. The summed E-state index contributed by atoms with van der Waals surface area (Å²) in [5, 5.41) is 0. The molecule has 1 rings (SSSR count). The lowest BCUT2D eigenvalue weighted by Gasteiger charge is -1.99. The van der Waals surface area contributed by atoms with Crippen LogP contribution in [0.1, 0.15) is 12.8 Å². The van der Waals surface area contributed by atoms with Crippen molar-refractivity contribution in [2.45, 2.75) is 12.8 Å². The van der Waals surface area contributed by atoms with Crippen molar-refractivity contribution >= 4 is 12.1 Å². The standard InChI is InChI=1S/C8H8O2/c9-6-8(10)7-4-2-1-3-5-7/h2,4-6H,1,3H2. The number of ketones is 1. The Morgan fingerprint density at radius 2 is 2.30 bits per heavy atom. The van der Waals surface area contributed by atoms with E-state index in [9.17, 15) is 9.59 Å². The highest BCUT2D eigenvalue weighted by atomic mass is 16.2. The molecule has 0 spiro atoms. The Morgan fingerprint density at radius 3 is 2.80 bits per heavy atom. The topological polar surface area (TPSA) is 34.1 Å². The molecule has 0 saturated carbocycles. The van der Waals surface area contributed by atoms with Crippen LogP contribution >= 0.6 is 0 Å². The monoisotopic (exact) mass is 136 g/mol. The van der Waals surface area contributed by atoms with E-state index in [2.05, 4.69) is 0 Å².